The van der Waals surface area contributed by atoms with Gasteiger partial charge in [-0.05, 0) is 0 Å². The minimum atomic E-state index is -5.53. The molecule has 16 heteroatoms. The van der Waals surface area contributed by atoms with Crippen molar-refractivity contribution in [3.05, 3.63) is 0 Å². The Labute approximate surface area is 163 Å². The minimum Gasteiger partial charge on any atom is -0.477 e. The van der Waals surface area contributed by atoms with E-state index in [1.807, 2.05) is 0 Å². The molecule has 1 heterocycles. The van der Waals surface area contributed by atoms with Gasteiger partial charge in [0.1, 0.15) is 18.3 Å². The van der Waals surface area contributed by atoms with Gasteiger partial charge in [0.2, 0.25) is 11.8 Å². The maximum Gasteiger partial charge on any atom is 0.472 e. The highest BCUT2D eigenvalue weighted by Gasteiger charge is 2.60. The summed E-state index contributed by atoms with van der Waals surface area (Å²) < 4.78 is 20.4. The van der Waals surface area contributed by atoms with Crippen LogP contribution >= 0.6 is 7.82 Å². The summed E-state index contributed by atoms with van der Waals surface area (Å²) >= 11 is 0. The zero-order valence-electron chi connectivity index (χ0n) is 15.1. The van der Waals surface area contributed by atoms with Crippen LogP contribution in [0.15, 0.2) is 0 Å². The van der Waals surface area contributed by atoms with Crippen molar-refractivity contribution < 1.29 is 63.5 Å². The van der Waals surface area contributed by atoms with E-state index in [4.69, 9.17) is 25.4 Å². The topological polar surface area (TPSA) is 258 Å². The Morgan fingerprint density at radius 2 is 1.90 bits per heavy atom. The smallest absolute Gasteiger partial charge is 0.472 e. The van der Waals surface area contributed by atoms with Gasteiger partial charge in [-0.25, -0.2) is 13.9 Å². The van der Waals surface area contributed by atoms with Crippen LogP contribution < -0.4 is 5.73 Å². The number of carbonyl (C=O) groups excluding carboxylic acids is 2. The second-order valence-electron chi connectivity index (χ2n) is 6.21. The van der Waals surface area contributed by atoms with Crippen LogP contribution in [0.3, 0.4) is 0 Å². The van der Waals surface area contributed by atoms with Crippen molar-refractivity contribution in [3.63, 3.8) is 0 Å². The van der Waals surface area contributed by atoms with Gasteiger partial charge in [-0.3, -0.25) is 14.5 Å². The van der Waals surface area contributed by atoms with Crippen LogP contribution in [0, 0.1) is 0 Å². The number of amides is 2. The SMILES string of the molecule is CC(=O)N(C(=O)CN)[C@H]1[C@H]([C@H](O)[C@H](O)CO)O[C@](OP(=O)(O)O)(C(=O)O)C[C@@H]1O. The Balaban J connectivity index is 3.55. The summed E-state index contributed by atoms with van der Waals surface area (Å²) in [6.07, 6.45) is -9.64. The molecular formula is C13H23N2O13P. The van der Waals surface area contributed by atoms with Gasteiger partial charge < -0.3 is 45.8 Å². The largest absolute Gasteiger partial charge is 0.477 e. The van der Waals surface area contributed by atoms with Crippen molar-refractivity contribution in [3.8, 4) is 0 Å². The summed E-state index contributed by atoms with van der Waals surface area (Å²) in [5, 5.41) is 48.9. The molecule has 1 fully saturated rings. The van der Waals surface area contributed by atoms with Crippen LogP contribution in [-0.4, -0.2) is 107 Å². The molecule has 29 heavy (non-hydrogen) atoms. The van der Waals surface area contributed by atoms with Gasteiger partial charge in [-0.15, -0.1) is 0 Å². The monoisotopic (exact) mass is 446 g/mol. The number of aliphatic carboxylic acids is 1. The number of nitrogens with zero attached hydrogens (tertiary/aromatic N) is 1. The first-order valence-electron chi connectivity index (χ1n) is 8.06. The van der Waals surface area contributed by atoms with E-state index in [1.165, 1.54) is 0 Å². The molecule has 6 atom stereocenters. The maximum absolute atomic E-state index is 12.1. The van der Waals surface area contributed by atoms with E-state index in [0.29, 0.717) is 4.90 Å². The molecule has 0 bridgehead atoms. The quantitative estimate of drug-likeness (QED) is 0.163. The summed E-state index contributed by atoms with van der Waals surface area (Å²) in [6, 6.07) is -1.84. The molecule has 1 rings (SSSR count). The van der Waals surface area contributed by atoms with Crippen molar-refractivity contribution in [2.45, 2.75) is 49.6 Å². The first kappa shape index (κ1) is 25.5. The van der Waals surface area contributed by atoms with E-state index in [0.717, 1.165) is 6.92 Å². The molecule has 168 valence electrons. The molecule has 0 spiro atoms. The Kier molecular flexibility index (Phi) is 8.38. The Morgan fingerprint density at radius 1 is 1.34 bits per heavy atom. The Morgan fingerprint density at radius 3 is 2.28 bits per heavy atom. The van der Waals surface area contributed by atoms with Crippen LogP contribution in [0.2, 0.25) is 0 Å². The first-order chi connectivity index (χ1) is 13.2. The van der Waals surface area contributed by atoms with Crippen LogP contribution in [0.1, 0.15) is 13.3 Å². The lowest BCUT2D eigenvalue weighted by atomic mass is 9.87. The summed E-state index contributed by atoms with van der Waals surface area (Å²) in [7, 11) is -5.53. The third-order valence-electron chi connectivity index (χ3n) is 4.13. The zero-order valence-corrected chi connectivity index (χ0v) is 16.0. The van der Waals surface area contributed by atoms with Crippen LogP contribution in [0.4, 0.5) is 0 Å². The fourth-order valence-electron chi connectivity index (χ4n) is 2.95. The summed E-state index contributed by atoms with van der Waals surface area (Å²) in [4.78, 5) is 54.0. The van der Waals surface area contributed by atoms with E-state index in [-0.39, 0.29) is 0 Å². The van der Waals surface area contributed by atoms with Gasteiger partial charge >= 0.3 is 13.8 Å². The average Bonchev–Trinajstić information content (AvgIpc) is 2.59. The molecular weight excluding hydrogens is 423 g/mol. The Hall–Kier alpha value is -1.52. The van der Waals surface area contributed by atoms with E-state index in [9.17, 15) is 39.4 Å². The molecule has 2 amide bonds. The van der Waals surface area contributed by atoms with Crippen molar-refractivity contribution in [2.24, 2.45) is 5.73 Å². The van der Waals surface area contributed by atoms with Crippen LogP contribution in [0.25, 0.3) is 0 Å². The third-order valence-corrected chi connectivity index (χ3v) is 4.66. The number of aliphatic hydroxyl groups is 4. The number of aliphatic hydroxyl groups excluding tert-OH is 4. The van der Waals surface area contributed by atoms with Crippen molar-refractivity contribution in [1.82, 2.24) is 4.90 Å². The fraction of sp³-hybridized carbons (Fsp3) is 0.769. The summed E-state index contributed by atoms with van der Waals surface area (Å²) in [6.45, 7) is -0.942. The van der Waals surface area contributed by atoms with Gasteiger partial charge in [0.05, 0.1) is 25.3 Å². The highest BCUT2D eigenvalue weighted by molar-refractivity contribution is 7.46. The number of hydrogen-bond donors (Lipinski definition) is 8. The number of ether oxygens (including phenoxy) is 1. The lowest BCUT2D eigenvalue weighted by Gasteiger charge is -2.48. The van der Waals surface area contributed by atoms with Crippen molar-refractivity contribution in [1.29, 1.82) is 0 Å². The number of carbonyl (C=O) groups is 3. The molecule has 0 radical (unpaired) electrons. The molecule has 0 aliphatic carbocycles. The number of nitrogens with two attached hydrogens (primary N) is 1. The predicted octanol–water partition coefficient (Wildman–Crippen LogP) is -4.56. The van der Waals surface area contributed by atoms with E-state index < -0.39 is 81.4 Å². The molecule has 1 saturated heterocycles. The molecule has 1 aliphatic heterocycles. The molecule has 0 aromatic rings. The van der Waals surface area contributed by atoms with E-state index in [2.05, 4.69) is 4.52 Å². The predicted molar refractivity (Wildman–Crippen MR) is 88.5 cm³/mol. The molecule has 0 aromatic carbocycles. The number of phosphoric acid groups is 1. The molecule has 0 unspecified atom stereocenters. The van der Waals surface area contributed by atoms with Gasteiger partial charge in [0, 0.05) is 13.3 Å². The highest BCUT2D eigenvalue weighted by atomic mass is 31.2. The second-order valence-corrected chi connectivity index (χ2v) is 7.38. The molecule has 1 aliphatic rings. The van der Waals surface area contributed by atoms with Crippen LogP contribution in [0.5, 0.6) is 0 Å². The molecule has 15 nitrogen and oxygen atoms in total. The average molecular weight is 446 g/mol. The number of imide groups is 1. The first-order valence-corrected chi connectivity index (χ1v) is 9.59. The third kappa shape index (κ3) is 5.76. The second kappa shape index (κ2) is 9.53. The van der Waals surface area contributed by atoms with Crippen molar-refractivity contribution in [2.75, 3.05) is 13.2 Å². The number of hydrogen-bond acceptors (Lipinski definition) is 11. The van der Waals surface area contributed by atoms with Crippen molar-refractivity contribution >= 4 is 25.6 Å². The number of carboxylic acids is 1. The van der Waals surface area contributed by atoms with Gasteiger partial charge in [0.15, 0.2) is 0 Å². The number of phosphoric ester groups is 1. The highest BCUT2D eigenvalue weighted by Crippen LogP contribution is 2.47. The van der Waals surface area contributed by atoms with Gasteiger partial charge in [0.25, 0.3) is 5.79 Å². The molecule has 9 N–H and O–H groups in total. The van der Waals surface area contributed by atoms with E-state index in [1.54, 1.807) is 0 Å². The van der Waals surface area contributed by atoms with E-state index >= 15 is 0 Å². The van der Waals surface area contributed by atoms with Gasteiger partial charge in [-0.1, -0.05) is 0 Å². The van der Waals surface area contributed by atoms with Crippen LogP contribution in [-0.2, 0) is 28.2 Å². The van der Waals surface area contributed by atoms with Gasteiger partial charge in [-0.2, -0.15) is 0 Å². The standard InChI is InChI=1S/C13H23N2O13P/c1-5(17)15(8(20)3-14)9-6(18)2-13(12(22)23,28-29(24,25)26)27-11(9)10(21)7(19)4-16/h6-7,9-11,16,18-19,21H,2-4,14H2,1H3,(H,22,23)(H2,24,25,26)/t6-,7+,9+,10+,11+,13+/m0/s1. The number of rotatable bonds is 8. The zero-order chi connectivity index (χ0) is 22.7. The molecule has 0 saturated carbocycles. The molecule has 0 aromatic heterocycles. The summed E-state index contributed by atoms with van der Waals surface area (Å²) in [5.74, 6) is -7.40. The Bertz CT molecular complexity index is 684. The minimum absolute atomic E-state index is 0.353. The fourth-order valence-corrected chi connectivity index (χ4v) is 3.53. The number of carboxylic acid groups (broad SMARTS) is 1. The summed E-state index contributed by atoms with van der Waals surface area (Å²) in [5.41, 5.74) is 5.22. The lowest BCUT2D eigenvalue weighted by Crippen LogP contribution is -2.69. The lowest BCUT2D eigenvalue weighted by molar-refractivity contribution is -0.295. The normalized spacial score (nSPS) is 29.7. The maximum atomic E-state index is 12.1.